The van der Waals surface area contributed by atoms with Crippen LogP contribution in [0, 0.1) is 6.92 Å². The van der Waals surface area contributed by atoms with E-state index in [2.05, 4.69) is 10.1 Å². The van der Waals surface area contributed by atoms with Gasteiger partial charge in [0.15, 0.2) is 11.8 Å². The molecule has 2 rings (SSSR count). The largest absolute Gasteiger partial charge is 0.693 e. The van der Waals surface area contributed by atoms with E-state index in [1.54, 1.807) is 45.9 Å². The maximum Gasteiger partial charge on any atom is 0.693 e. The Kier molecular flexibility index (Phi) is 15.9. The van der Waals surface area contributed by atoms with Crippen molar-refractivity contribution in [3.8, 4) is 5.75 Å². The highest BCUT2D eigenvalue weighted by molar-refractivity contribution is 7.37. The molecular formula is C28H41FN4O12P2+2. The molecule has 47 heavy (non-hydrogen) atoms. The number of aryl methyl sites for hydroxylation is 1. The van der Waals surface area contributed by atoms with Crippen LogP contribution < -0.4 is 20.9 Å². The summed E-state index contributed by atoms with van der Waals surface area (Å²) in [5, 5.41) is 2.39. The van der Waals surface area contributed by atoms with Crippen LogP contribution in [0.4, 0.5) is 4.39 Å². The lowest BCUT2D eigenvalue weighted by atomic mass is 10.3. The lowest BCUT2D eigenvalue weighted by Gasteiger charge is -2.26. The Labute approximate surface area is 272 Å². The zero-order valence-electron chi connectivity index (χ0n) is 27.3. The number of carbonyl (C=O) groups excluding carboxylic acids is 2. The van der Waals surface area contributed by atoms with Gasteiger partial charge in [-0.3, -0.25) is 23.9 Å². The first-order chi connectivity index (χ1) is 22.0. The third-order valence-electron chi connectivity index (χ3n) is 5.88. The van der Waals surface area contributed by atoms with Crippen molar-refractivity contribution in [2.24, 2.45) is 0 Å². The Bertz CT molecular complexity index is 1490. The van der Waals surface area contributed by atoms with E-state index in [-0.39, 0.29) is 11.3 Å². The molecule has 0 fully saturated rings. The molecule has 2 aromatic rings. The van der Waals surface area contributed by atoms with E-state index in [1.165, 1.54) is 46.0 Å². The zero-order valence-corrected chi connectivity index (χ0v) is 29.1. The number of nitrogens with zero attached hydrogens (tertiary/aromatic N) is 2. The summed E-state index contributed by atoms with van der Waals surface area (Å²) < 4.78 is 69.6. The number of H-pyrrole nitrogens is 1. The van der Waals surface area contributed by atoms with Gasteiger partial charge in [-0.1, -0.05) is 23.3 Å². The van der Waals surface area contributed by atoms with Crippen molar-refractivity contribution in [3.63, 3.8) is 0 Å². The van der Waals surface area contributed by atoms with Crippen LogP contribution in [0.5, 0.6) is 5.75 Å². The van der Waals surface area contributed by atoms with Crippen LogP contribution >= 0.6 is 16.4 Å². The number of aromatic amines is 1. The summed E-state index contributed by atoms with van der Waals surface area (Å²) in [7, 11) is -5.91. The van der Waals surface area contributed by atoms with Crippen molar-refractivity contribution in [1.29, 1.82) is 0 Å². The number of hydrogen-bond acceptors (Lipinski definition) is 12. The Balaban J connectivity index is 2.36. The van der Waals surface area contributed by atoms with Gasteiger partial charge in [0.25, 0.3) is 11.9 Å². The Hall–Kier alpha value is -3.43. The second kappa shape index (κ2) is 18.8. The van der Waals surface area contributed by atoms with Crippen LogP contribution in [0.2, 0.25) is 0 Å². The van der Waals surface area contributed by atoms with Gasteiger partial charge in [-0.15, -0.1) is 4.52 Å². The summed E-state index contributed by atoms with van der Waals surface area (Å²) in [6, 6.07) is 5.28. The average molecular weight is 707 g/mol. The molecule has 2 unspecified atom stereocenters. The first-order valence-electron chi connectivity index (χ1n) is 14.5. The fourth-order valence-electron chi connectivity index (χ4n) is 3.55. The first kappa shape index (κ1) is 39.7. The van der Waals surface area contributed by atoms with E-state index in [0.29, 0.717) is 4.83 Å². The molecule has 0 spiro atoms. The van der Waals surface area contributed by atoms with Crippen LogP contribution in [-0.2, 0) is 42.3 Å². The molecule has 0 radical (unpaired) electrons. The van der Waals surface area contributed by atoms with Gasteiger partial charge in [0.2, 0.25) is 0 Å². The zero-order chi connectivity index (χ0) is 35.4. The van der Waals surface area contributed by atoms with Crippen molar-refractivity contribution in [2.75, 3.05) is 6.61 Å². The smallest absolute Gasteiger partial charge is 0.462 e. The minimum absolute atomic E-state index is 0.118. The molecule has 0 aliphatic carbocycles. The SMILES string of the molecule is Cc1cn([C@H](C)O[C@@H](CO[P+](=O)N[C@@H](C)C(=O)OC(C)C)[C@@H](F)ON([C@@H](C)C(=O)OC(C)C)[P+](=O)Oc2ccccc2)c(=O)[nH]c1=O. The summed E-state index contributed by atoms with van der Waals surface area (Å²) >= 11 is 0. The Morgan fingerprint density at radius 2 is 1.57 bits per heavy atom. The topological polar surface area (TPSA) is 194 Å². The monoisotopic (exact) mass is 706 g/mol. The fraction of sp³-hybridized carbons (Fsp3) is 0.571. The van der Waals surface area contributed by atoms with Gasteiger partial charge in [0.1, 0.15) is 25.0 Å². The number of halogens is 1. The number of carbonyl (C=O) groups is 2. The quantitative estimate of drug-likeness (QED) is 0.121. The van der Waals surface area contributed by atoms with E-state index < -0.39 is 89.1 Å². The molecule has 0 aliphatic heterocycles. The lowest BCUT2D eigenvalue weighted by molar-refractivity contribution is -0.258. The first-order valence-corrected chi connectivity index (χ1v) is 16.9. The highest BCUT2D eigenvalue weighted by atomic mass is 31.1. The Morgan fingerprint density at radius 1 is 0.979 bits per heavy atom. The van der Waals surface area contributed by atoms with Gasteiger partial charge in [-0.2, -0.15) is 0 Å². The van der Waals surface area contributed by atoms with Crippen LogP contribution in [0.1, 0.15) is 60.3 Å². The molecule has 19 heteroatoms. The van der Waals surface area contributed by atoms with Crippen molar-refractivity contribution >= 4 is 28.3 Å². The number of rotatable bonds is 19. The van der Waals surface area contributed by atoms with Gasteiger partial charge < -0.3 is 14.2 Å². The number of esters is 2. The minimum Gasteiger partial charge on any atom is -0.462 e. The molecule has 0 saturated heterocycles. The summed E-state index contributed by atoms with van der Waals surface area (Å²) in [6.07, 6.45) is -5.52. The van der Waals surface area contributed by atoms with E-state index >= 15 is 4.39 Å². The number of hydrogen-bond donors (Lipinski definition) is 2. The average Bonchev–Trinajstić information content (AvgIpc) is 2.98. The Morgan fingerprint density at radius 3 is 2.17 bits per heavy atom. The van der Waals surface area contributed by atoms with E-state index in [0.717, 1.165) is 4.57 Å². The van der Waals surface area contributed by atoms with Crippen molar-refractivity contribution in [2.45, 2.75) is 98.4 Å². The molecule has 7 atom stereocenters. The second-order valence-corrected chi connectivity index (χ2v) is 12.8. The second-order valence-electron chi connectivity index (χ2n) is 10.7. The fourth-order valence-corrected chi connectivity index (χ4v) is 5.26. The molecule has 1 heterocycles. The number of ether oxygens (including phenoxy) is 3. The molecule has 1 aromatic heterocycles. The molecule has 0 bridgehead atoms. The van der Waals surface area contributed by atoms with Gasteiger partial charge in [-0.25, -0.2) is 18.5 Å². The molecule has 260 valence electrons. The van der Waals surface area contributed by atoms with E-state index in [4.69, 9.17) is 28.1 Å². The third kappa shape index (κ3) is 12.9. The van der Waals surface area contributed by atoms with E-state index in [9.17, 15) is 28.3 Å². The number of hydroxylamine groups is 1. The summed E-state index contributed by atoms with van der Waals surface area (Å²) in [6.45, 7) is 11.0. The molecule has 2 N–H and O–H groups in total. The van der Waals surface area contributed by atoms with Gasteiger partial charge >= 0.3 is 34.0 Å². The van der Waals surface area contributed by atoms with Gasteiger partial charge in [0, 0.05) is 16.3 Å². The maximum absolute atomic E-state index is 16.1. The summed E-state index contributed by atoms with van der Waals surface area (Å²) in [5.41, 5.74) is -1.37. The molecule has 0 amide bonds. The summed E-state index contributed by atoms with van der Waals surface area (Å²) in [4.78, 5) is 57.1. The van der Waals surface area contributed by atoms with Gasteiger partial charge in [-0.05, 0) is 72.1 Å². The highest BCUT2D eigenvalue weighted by Gasteiger charge is 2.47. The predicted octanol–water partition coefficient (Wildman–Crippen LogP) is 3.96. The van der Waals surface area contributed by atoms with Crippen molar-refractivity contribution < 1.29 is 51.2 Å². The van der Waals surface area contributed by atoms with Crippen molar-refractivity contribution in [3.05, 3.63) is 62.9 Å². The highest BCUT2D eigenvalue weighted by Crippen LogP contribution is 2.35. The number of benzene rings is 1. The van der Waals surface area contributed by atoms with Crippen LogP contribution in [-0.4, -0.2) is 69.7 Å². The molecule has 1 aromatic carbocycles. The van der Waals surface area contributed by atoms with Crippen LogP contribution in [0.25, 0.3) is 0 Å². The minimum atomic E-state index is -3.09. The maximum atomic E-state index is 16.1. The number of para-hydroxylation sites is 1. The molecular weight excluding hydrogens is 665 g/mol. The number of aromatic nitrogens is 2. The van der Waals surface area contributed by atoms with Crippen LogP contribution in [0.15, 0.2) is 46.1 Å². The predicted molar refractivity (Wildman–Crippen MR) is 166 cm³/mol. The van der Waals surface area contributed by atoms with Crippen molar-refractivity contribution in [1.82, 2.24) is 19.5 Å². The molecule has 0 aliphatic rings. The normalized spacial score (nSPS) is 15.5. The number of nitrogens with one attached hydrogen (secondary N) is 2. The van der Waals surface area contributed by atoms with Crippen LogP contribution in [0.3, 0.4) is 0 Å². The third-order valence-corrected chi connectivity index (χ3v) is 7.99. The standard InChI is InChI=1S/C28H40FN4O12P2/c1-16(2)41-26(35)19(6)31-46(38)40-15-23(43-21(8)32-14-18(5)25(34)30-28(32)37)24(29)44-33(20(7)27(36)42-17(3)4)47(39)45-22-12-10-9-11-13-22/h9-14,16-17,19-21,23-24H,15H2,1-8H3,(H-,30,31,34,37,38)/q+1/p+1/t19-,20-,21-,23-,24-/m0/s1. The van der Waals surface area contributed by atoms with Gasteiger partial charge in [0.05, 0.1) is 17.0 Å². The number of alkyl halides is 1. The summed E-state index contributed by atoms with van der Waals surface area (Å²) in [5.74, 6) is -1.51. The lowest BCUT2D eigenvalue weighted by Crippen LogP contribution is -2.44. The molecule has 0 saturated carbocycles. The molecule has 16 nitrogen and oxygen atoms in total. The van der Waals surface area contributed by atoms with E-state index in [1.807, 2.05) is 0 Å².